The van der Waals surface area contributed by atoms with Gasteiger partial charge in [-0.25, -0.2) is 13.2 Å². The molecule has 0 radical (unpaired) electrons. The molecule has 7 nitrogen and oxygen atoms in total. The van der Waals surface area contributed by atoms with Gasteiger partial charge in [0.1, 0.15) is 0 Å². The monoisotopic (exact) mass is 405 g/mol. The molecule has 0 aliphatic rings. The molecule has 28 heavy (non-hydrogen) atoms. The number of esters is 1. The van der Waals surface area contributed by atoms with E-state index in [0.717, 1.165) is 24.4 Å². The number of carbonyl (C=O) groups is 1. The van der Waals surface area contributed by atoms with E-state index in [2.05, 4.69) is 10.1 Å². The van der Waals surface area contributed by atoms with E-state index in [-0.39, 0.29) is 4.90 Å². The largest absolute Gasteiger partial charge is 0.493 e. The Balaban J connectivity index is 2.46. The van der Waals surface area contributed by atoms with E-state index in [9.17, 15) is 13.2 Å². The molecule has 0 fully saturated rings. The van der Waals surface area contributed by atoms with E-state index in [1.807, 2.05) is 6.92 Å². The highest BCUT2D eigenvalue weighted by atomic mass is 32.2. The molecular formula is C20H23NO6S. The lowest BCUT2D eigenvalue weighted by Gasteiger charge is -2.12. The smallest absolute Gasteiger partial charge is 0.351 e. The molecule has 0 amide bonds. The second-order valence-corrected chi connectivity index (χ2v) is 7.88. The number of methoxy groups -OCH3 is 3. The molecule has 1 N–H and O–H groups in total. The molecule has 0 unspecified atom stereocenters. The normalized spacial score (nSPS) is 11.7. The van der Waals surface area contributed by atoms with Crippen LogP contribution in [0.25, 0.3) is 0 Å². The summed E-state index contributed by atoms with van der Waals surface area (Å²) in [6.07, 6.45) is 1.11. The molecule has 0 spiro atoms. The number of ether oxygens (including phenoxy) is 3. The standard InChI is InChI=1S/C20H23NO6S/c1-13-6-8-16(10-14(13)2)28(23,24)19(20(22)27-5)12-21-15-7-9-17(25-3)18(11-15)26-4/h6-12,21H,1-5H3/b19-12-. The van der Waals surface area contributed by atoms with Gasteiger partial charge in [0, 0.05) is 18.0 Å². The van der Waals surface area contributed by atoms with E-state index < -0.39 is 20.7 Å². The number of nitrogens with one attached hydrogen (secondary N) is 1. The Morgan fingerprint density at radius 1 is 0.929 bits per heavy atom. The number of hydrogen-bond acceptors (Lipinski definition) is 7. The minimum atomic E-state index is -4.08. The van der Waals surface area contributed by atoms with Crippen molar-refractivity contribution in [1.82, 2.24) is 0 Å². The first-order chi connectivity index (χ1) is 13.2. The summed E-state index contributed by atoms with van der Waals surface area (Å²) in [6, 6.07) is 9.62. The van der Waals surface area contributed by atoms with Crippen LogP contribution in [0.4, 0.5) is 5.69 Å². The van der Waals surface area contributed by atoms with E-state index >= 15 is 0 Å². The molecule has 0 saturated carbocycles. The fourth-order valence-electron chi connectivity index (χ4n) is 2.43. The van der Waals surface area contributed by atoms with Crippen LogP contribution < -0.4 is 14.8 Å². The molecule has 0 aromatic heterocycles. The van der Waals surface area contributed by atoms with Crippen LogP contribution in [0.15, 0.2) is 52.4 Å². The van der Waals surface area contributed by atoms with Crippen LogP contribution in [0.2, 0.25) is 0 Å². The second kappa shape index (κ2) is 8.79. The van der Waals surface area contributed by atoms with Crippen LogP contribution in [-0.2, 0) is 19.4 Å². The Labute approximate surface area is 164 Å². The summed E-state index contributed by atoms with van der Waals surface area (Å²) in [7, 11) is 0.0432. The summed E-state index contributed by atoms with van der Waals surface area (Å²) in [6.45, 7) is 3.68. The van der Waals surface area contributed by atoms with Gasteiger partial charge in [0.25, 0.3) is 0 Å². The van der Waals surface area contributed by atoms with E-state index in [0.29, 0.717) is 17.2 Å². The van der Waals surface area contributed by atoms with E-state index in [1.165, 1.54) is 26.4 Å². The zero-order valence-electron chi connectivity index (χ0n) is 16.4. The van der Waals surface area contributed by atoms with Gasteiger partial charge in [0.2, 0.25) is 9.84 Å². The number of sulfone groups is 1. The molecule has 0 aliphatic heterocycles. The Morgan fingerprint density at radius 3 is 2.18 bits per heavy atom. The predicted octanol–water partition coefficient (Wildman–Crippen LogP) is 3.22. The lowest BCUT2D eigenvalue weighted by Crippen LogP contribution is -2.17. The lowest BCUT2D eigenvalue weighted by molar-refractivity contribution is -0.135. The number of benzene rings is 2. The first-order valence-electron chi connectivity index (χ1n) is 8.34. The maximum absolute atomic E-state index is 13.0. The van der Waals surface area contributed by atoms with E-state index in [1.54, 1.807) is 31.2 Å². The number of rotatable bonds is 7. The first-order valence-corrected chi connectivity index (χ1v) is 9.82. The minimum Gasteiger partial charge on any atom is -0.493 e. The molecule has 0 saturated heterocycles. The number of hydrogen-bond donors (Lipinski definition) is 1. The number of carbonyl (C=O) groups excluding carboxylic acids is 1. The Kier molecular flexibility index (Phi) is 6.69. The summed E-state index contributed by atoms with van der Waals surface area (Å²) in [5.74, 6) is 0.0108. The Morgan fingerprint density at radius 2 is 1.61 bits per heavy atom. The molecule has 0 bridgehead atoms. The van der Waals surface area contributed by atoms with Crippen molar-refractivity contribution < 1.29 is 27.4 Å². The van der Waals surface area contributed by atoms with Gasteiger partial charge in [0.15, 0.2) is 16.4 Å². The van der Waals surface area contributed by atoms with Gasteiger partial charge in [0.05, 0.1) is 26.2 Å². The quantitative estimate of drug-likeness (QED) is 0.559. The zero-order valence-corrected chi connectivity index (χ0v) is 17.2. The van der Waals surface area contributed by atoms with Gasteiger partial charge in [-0.2, -0.15) is 0 Å². The zero-order chi connectivity index (χ0) is 20.9. The predicted molar refractivity (Wildman–Crippen MR) is 106 cm³/mol. The summed E-state index contributed by atoms with van der Waals surface area (Å²) in [5.41, 5.74) is 2.26. The molecule has 2 rings (SSSR count). The third-order valence-electron chi connectivity index (χ3n) is 4.22. The lowest BCUT2D eigenvalue weighted by atomic mass is 10.1. The molecule has 2 aromatic rings. The van der Waals surface area contributed by atoms with Crippen LogP contribution in [0.5, 0.6) is 11.5 Å². The third kappa shape index (κ3) is 4.45. The molecular weight excluding hydrogens is 382 g/mol. The minimum absolute atomic E-state index is 0.0151. The average molecular weight is 405 g/mol. The first kappa shape index (κ1) is 21.3. The van der Waals surface area contributed by atoms with Crippen molar-refractivity contribution in [3.05, 3.63) is 58.6 Å². The van der Waals surface area contributed by atoms with Crippen molar-refractivity contribution in [2.45, 2.75) is 18.7 Å². The maximum atomic E-state index is 13.0. The van der Waals surface area contributed by atoms with Crippen molar-refractivity contribution in [3.63, 3.8) is 0 Å². The Hall–Kier alpha value is -3.00. The van der Waals surface area contributed by atoms with Crippen molar-refractivity contribution >= 4 is 21.5 Å². The van der Waals surface area contributed by atoms with Gasteiger partial charge in [-0.3, -0.25) is 0 Å². The van der Waals surface area contributed by atoms with Crippen molar-refractivity contribution in [2.75, 3.05) is 26.6 Å². The second-order valence-electron chi connectivity index (χ2n) is 5.96. The highest BCUT2D eigenvalue weighted by Gasteiger charge is 2.28. The van der Waals surface area contributed by atoms with Crippen LogP contribution in [0, 0.1) is 13.8 Å². The van der Waals surface area contributed by atoms with Gasteiger partial charge >= 0.3 is 5.97 Å². The molecule has 0 atom stereocenters. The van der Waals surface area contributed by atoms with Gasteiger partial charge in [-0.1, -0.05) is 6.07 Å². The maximum Gasteiger partial charge on any atom is 0.351 e. The molecule has 0 aliphatic carbocycles. The molecule has 150 valence electrons. The third-order valence-corrected chi connectivity index (χ3v) is 5.96. The van der Waals surface area contributed by atoms with Gasteiger partial charge in [-0.05, 0) is 49.2 Å². The Bertz CT molecular complexity index is 1010. The molecule has 2 aromatic carbocycles. The SMILES string of the molecule is COC(=O)/C(=C/Nc1ccc(OC)c(OC)c1)S(=O)(=O)c1ccc(C)c(C)c1. The van der Waals surface area contributed by atoms with Crippen molar-refractivity contribution in [1.29, 1.82) is 0 Å². The average Bonchev–Trinajstić information content (AvgIpc) is 2.69. The number of aryl methyl sites for hydroxylation is 2. The van der Waals surface area contributed by atoms with Crippen molar-refractivity contribution in [3.8, 4) is 11.5 Å². The summed E-state index contributed by atoms with van der Waals surface area (Å²) in [5, 5.41) is 2.81. The highest BCUT2D eigenvalue weighted by molar-refractivity contribution is 7.96. The fraction of sp³-hybridized carbons (Fsp3) is 0.250. The number of anilines is 1. The van der Waals surface area contributed by atoms with Crippen LogP contribution in [0.1, 0.15) is 11.1 Å². The van der Waals surface area contributed by atoms with Crippen LogP contribution in [0.3, 0.4) is 0 Å². The van der Waals surface area contributed by atoms with Gasteiger partial charge in [-0.15, -0.1) is 0 Å². The topological polar surface area (TPSA) is 90.9 Å². The van der Waals surface area contributed by atoms with E-state index in [4.69, 9.17) is 9.47 Å². The summed E-state index contributed by atoms with van der Waals surface area (Å²) in [4.78, 5) is 11.7. The van der Waals surface area contributed by atoms with Crippen LogP contribution in [-0.4, -0.2) is 35.7 Å². The van der Waals surface area contributed by atoms with Gasteiger partial charge < -0.3 is 19.5 Å². The summed E-state index contributed by atoms with van der Waals surface area (Å²) >= 11 is 0. The highest BCUT2D eigenvalue weighted by Crippen LogP contribution is 2.30. The fourth-order valence-corrected chi connectivity index (χ4v) is 3.78. The van der Waals surface area contributed by atoms with Crippen molar-refractivity contribution in [2.24, 2.45) is 0 Å². The molecule has 8 heteroatoms. The van der Waals surface area contributed by atoms with Crippen LogP contribution >= 0.6 is 0 Å². The summed E-state index contributed by atoms with van der Waals surface area (Å²) < 4.78 is 41.0. The molecule has 0 heterocycles.